The van der Waals surface area contributed by atoms with Crippen LogP contribution in [-0.2, 0) is 23.7 Å². The highest BCUT2D eigenvalue weighted by molar-refractivity contribution is 5.14. The molecule has 4 heterocycles. The van der Waals surface area contributed by atoms with Gasteiger partial charge in [0.15, 0.2) is 0 Å². The van der Waals surface area contributed by atoms with E-state index < -0.39 is 30.5 Å². The zero-order chi connectivity index (χ0) is 22.7. The van der Waals surface area contributed by atoms with E-state index in [1.165, 1.54) is 6.08 Å². The van der Waals surface area contributed by atoms with Gasteiger partial charge in [0.1, 0.15) is 36.6 Å². The molecular formula is C24H34O8. The molecule has 0 radical (unpaired) electrons. The quantitative estimate of drug-likeness (QED) is 0.529. The zero-order valence-corrected chi connectivity index (χ0v) is 18.5. The van der Waals surface area contributed by atoms with Crippen LogP contribution in [0.1, 0.15) is 19.8 Å². The molecule has 0 aliphatic carbocycles. The lowest BCUT2D eigenvalue weighted by Gasteiger charge is -2.49. The van der Waals surface area contributed by atoms with Crippen molar-refractivity contribution in [2.45, 2.75) is 86.9 Å². The first kappa shape index (κ1) is 23.8. The molecule has 4 aliphatic rings. The van der Waals surface area contributed by atoms with Crippen LogP contribution >= 0.6 is 0 Å². The fourth-order valence-corrected chi connectivity index (χ4v) is 4.80. The summed E-state index contributed by atoms with van der Waals surface area (Å²) in [5.41, 5.74) is 0. The van der Waals surface area contributed by atoms with E-state index >= 15 is 0 Å². The SMILES string of the molecule is CC=C[C@H]1O[C@H]2C[C@H]3O[C@H]4CC=C[C@H](C=C[C@H](O)CO)O[C@@H]4[C@@H](O)[C@@H]3O[C@@H]2C=C[C@@H]1OC. The van der Waals surface area contributed by atoms with Gasteiger partial charge in [0.2, 0.25) is 0 Å². The molecule has 3 N–H and O–H groups in total. The summed E-state index contributed by atoms with van der Waals surface area (Å²) in [7, 11) is 1.65. The second-order valence-electron chi connectivity index (χ2n) is 8.62. The average Bonchev–Trinajstić information content (AvgIpc) is 3.10. The van der Waals surface area contributed by atoms with E-state index in [0.717, 1.165) is 0 Å². The van der Waals surface area contributed by atoms with E-state index in [2.05, 4.69) is 0 Å². The molecule has 178 valence electrons. The van der Waals surface area contributed by atoms with Gasteiger partial charge in [0.25, 0.3) is 0 Å². The average molecular weight is 451 g/mol. The Labute approximate surface area is 188 Å². The number of rotatable bonds is 5. The fourth-order valence-electron chi connectivity index (χ4n) is 4.80. The lowest BCUT2D eigenvalue weighted by molar-refractivity contribution is -0.287. The van der Waals surface area contributed by atoms with Crippen LogP contribution in [0.4, 0.5) is 0 Å². The van der Waals surface area contributed by atoms with Crippen LogP contribution in [0, 0.1) is 0 Å². The van der Waals surface area contributed by atoms with Crippen molar-refractivity contribution in [3.8, 4) is 0 Å². The minimum absolute atomic E-state index is 0.213. The first-order valence-corrected chi connectivity index (χ1v) is 11.3. The normalized spacial score (nSPS) is 45.2. The molecule has 11 atom stereocenters. The van der Waals surface area contributed by atoms with Gasteiger partial charge in [-0.25, -0.2) is 0 Å². The van der Waals surface area contributed by atoms with Gasteiger partial charge in [-0.3, -0.25) is 0 Å². The summed E-state index contributed by atoms with van der Waals surface area (Å²) in [4.78, 5) is 0. The summed E-state index contributed by atoms with van der Waals surface area (Å²) in [6.07, 6.45) is 11.0. The van der Waals surface area contributed by atoms with Crippen LogP contribution in [0.5, 0.6) is 0 Å². The number of aliphatic hydroxyl groups excluding tert-OH is 3. The lowest BCUT2D eigenvalue weighted by atomic mass is 9.87. The van der Waals surface area contributed by atoms with Crippen LogP contribution < -0.4 is 0 Å². The third kappa shape index (κ3) is 5.08. The Hall–Kier alpha value is -1.36. The molecule has 0 aromatic carbocycles. The summed E-state index contributed by atoms with van der Waals surface area (Å²) >= 11 is 0. The minimum Gasteiger partial charge on any atom is -0.393 e. The van der Waals surface area contributed by atoms with Gasteiger partial charge in [-0.15, -0.1) is 0 Å². The van der Waals surface area contributed by atoms with Crippen molar-refractivity contribution in [1.29, 1.82) is 0 Å². The lowest BCUT2D eigenvalue weighted by Crippen LogP contribution is -2.63. The summed E-state index contributed by atoms with van der Waals surface area (Å²) in [6.45, 7) is 1.59. The maximum Gasteiger partial charge on any atom is 0.114 e. The second kappa shape index (κ2) is 10.7. The molecule has 0 amide bonds. The second-order valence-corrected chi connectivity index (χ2v) is 8.62. The van der Waals surface area contributed by atoms with Crippen molar-refractivity contribution in [3.63, 3.8) is 0 Å². The maximum absolute atomic E-state index is 11.2. The summed E-state index contributed by atoms with van der Waals surface area (Å²) < 4.78 is 30.6. The number of allylic oxidation sites excluding steroid dienone is 1. The van der Waals surface area contributed by atoms with Gasteiger partial charge in [0, 0.05) is 13.5 Å². The summed E-state index contributed by atoms with van der Waals surface area (Å²) in [6, 6.07) is 0. The predicted octanol–water partition coefficient (Wildman–Crippen LogP) is 0.810. The van der Waals surface area contributed by atoms with Gasteiger partial charge in [0.05, 0.1) is 37.1 Å². The smallest absolute Gasteiger partial charge is 0.114 e. The largest absolute Gasteiger partial charge is 0.393 e. The molecule has 4 rings (SSSR count). The van der Waals surface area contributed by atoms with Crippen LogP contribution in [0.2, 0.25) is 0 Å². The van der Waals surface area contributed by atoms with Gasteiger partial charge in [-0.2, -0.15) is 0 Å². The third-order valence-corrected chi connectivity index (χ3v) is 6.42. The fraction of sp³-hybridized carbons (Fsp3) is 0.667. The van der Waals surface area contributed by atoms with E-state index in [0.29, 0.717) is 12.8 Å². The Morgan fingerprint density at radius 2 is 1.84 bits per heavy atom. The Balaban J connectivity index is 1.48. The maximum atomic E-state index is 11.2. The van der Waals surface area contributed by atoms with Crippen LogP contribution in [0.15, 0.2) is 48.6 Å². The molecule has 4 aliphatic heterocycles. The van der Waals surface area contributed by atoms with Crippen molar-refractivity contribution in [2.75, 3.05) is 13.7 Å². The van der Waals surface area contributed by atoms with Gasteiger partial charge in [-0.1, -0.05) is 48.6 Å². The first-order chi connectivity index (χ1) is 15.5. The van der Waals surface area contributed by atoms with Crippen LogP contribution in [0.3, 0.4) is 0 Å². The molecule has 0 aromatic heterocycles. The molecule has 8 nitrogen and oxygen atoms in total. The monoisotopic (exact) mass is 450 g/mol. The molecule has 0 unspecified atom stereocenters. The Morgan fingerprint density at radius 3 is 2.59 bits per heavy atom. The van der Waals surface area contributed by atoms with Crippen LogP contribution in [-0.4, -0.2) is 96.2 Å². The number of hydrogen-bond donors (Lipinski definition) is 3. The highest BCUT2D eigenvalue weighted by atomic mass is 16.6. The predicted molar refractivity (Wildman–Crippen MR) is 116 cm³/mol. The van der Waals surface area contributed by atoms with E-state index in [1.807, 2.05) is 43.4 Å². The van der Waals surface area contributed by atoms with E-state index in [1.54, 1.807) is 13.2 Å². The molecular weight excluding hydrogens is 416 g/mol. The molecule has 0 bridgehead atoms. The van der Waals surface area contributed by atoms with Crippen molar-refractivity contribution >= 4 is 0 Å². The van der Waals surface area contributed by atoms with E-state index in [9.17, 15) is 10.2 Å². The van der Waals surface area contributed by atoms with Crippen molar-refractivity contribution in [3.05, 3.63) is 48.6 Å². The molecule has 0 aromatic rings. The summed E-state index contributed by atoms with van der Waals surface area (Å²) in [5.74, 6) is 0. The van der Waals surface area contributed by atoms with E-state index in [4.69, 9.17) is 28.8 Å². The molecule has 2 saturated heterocycles. The number of aliphatic hydroxyl groups is 3. The molecule has 8 heteroatoms. The highest BCUT2D eigenvalue weighted by Gasteiger charge is 2.52. The Kier molecular flexibility index (Phi) is 7.96. The Bertz CT molecular complexity index is 734. The zero-order valence-electron chi connectivity index (χ0n) is 18.5. The van der Waals surface area contributed by atoms with Gasteiger partial charge >= 0.3 is 0 Å². The van der Waals surface area contributed by atoms with Crippen LogP contribution in [0.25, 0.3) is 0 Å². The molecule has 2 fully saturated rings. The molecule has 32 heavy (non-hydrogen) atoms. The van der Waals surface area contributed by atoms with Crippen molar-refractivity contribution in [1.82, 2.24) is 0 Å². The number of ether oxygens (including phenoxy) is 5. The van der Waals surface area contributed by atoms with E-state index in [-0.39, 0.29) is 43.2 Å². The number of fused-ring (bicyclic) bond motifs is 3. The third-order valence-electron chi connectivity index (χ3n) is 6.42. The Morgan fingerprint density at radius 1 is 1.03 bits per heavy atom. The first-order valence-electron chi connectivity index (χ1n) is 11.3. The van der Waals surface area contributed by atoms with Gasteiger partial charge in [-0.05, 0) is 13.3 Å². The topological polar surface area (TPSA) is 107 Å². The number of hydrogen-bond acceptors (Lipinski definition) is 8. The highest BCUT2D eigenvalue weighted by Crippen LogP contribution is 2.38. The minimum atomic E-state index is -0.953. The molecule has 0 saturated carbocycles. The summed E-state index contributed by atoms with van der Waals surface area (Å²) in [5, 5.41) is 29.8. The van der Waals surface area contributed by atoms with Crippen molar-refractivity contribution < 1.29 is 39.0 Å². The number of methoxy groups -OCH3 is 1. The van der Waals surface area contributed by atoms with Gasteiger partial charge < -0.3 is 39.0 Å². The van der Waals surface area contributed by atoms with Crippen molar-refractivity contribution in [2.24, 2.45) is 0 Å². The molecule has 0 spiro atoms. The standard InChI is InChI=1S/C24H34O8/c1-3-5-17-16(28-2)10-11-18-20(30-17)12-21-24(32-18)22(27)23-19(31-21)7-4-6-15(29-23)9-8-14(26)13-25/h3-6,8-11,14-27H,7,12-13H2,1-2H3/t14-,15+,16-,17+,18+,19-,20-,21+,22+,23-,24+/m0/s1.